The Kier molecular flexibility index (Phi) is 6.60. The van der Waals surface area contributed by atoms with Gasteiger partial charge in [-0.15, -0.1) is 0 Å². The third-order valence-electron chi connectivity index (χ3n) is 6.02. The Hall–Kier alpha value is -1.58. The SMILES string of the molecule is CCn1c(S[C@H](C)C(=O)N[C@@H]2CCC[C@@H](C)[C@@H]2C)nc2cc(S(N)(=O)=O)ccc21. The molecule has 3 N–H and O–H groups in total. The van der Waals surface area contributed by atoms with Crippen LogP contribution in [0.1, 0.15) is 47.0 Å². The third kappa shape index (κ3) is 4.78. The van der Waals surface area contributed by atoms with Crippen LogP contribution in [0, 0.1) is 11.8 Å². The molecule has 29 heavy (non-hydrogen) atoms. The fraction of sp³-hybridized carbons (Fsp3) is 0.600. The minimum atomic E-state index is -3.79. The molecule has 1 aliphatic rings. The number of nitrogens with one attached hydrogen (secondary N) is 1. The lowest BCUT2D eigenvalue weighted by Crippen LogP contribution is -2.46. The number of rotatable bonds is 6. The van der Waals surface area contributed by atoms with Gasteiger partial charge in [-0.05, 0) is 50.3 Å². The van der Waals surface area contributed by atoms with Gasteiger partial charge in [-0.25, -0.2) is 18.5 Å². The van der Waals surface area contributed by atoms with Gasteiger partial charge in [-0.2, -0.15) is 0 Å². The third-order valence-corrected chi connectivity index (χ3v) is 8.02. The van der Waals surface area contributed by atoms with Crippen molar-refractivity contribution in [1.82, 2.24) is 14.9 Å². The Morgan fingerprint density at radius 1 is 1.38 bits per heavy atom. The van der Waals surface area contributed by atoms with E-state index in [2.05, 4.69) is 24.1 Å². The summed E-state index contributed by atoms with van der Waals surface area (Å²) in [5.74, 6) is 1.11. The predicted molar refractivity (Wildman–Crippen MR) is 116 cm³/mol. The van der Waals surface area contributed by atoms with Crippen molar-refractivity contribution in [2.45, 2.75) is 74.8 Å². The molecule has 0 saturated heterocycles. The van der Waals surface area contributed by atoms with Gasteiger partial charge in [0.1, 0.15) is 0 Å². The fourth-order valence-electron chi connectivity index (χ4n) is 3.96. The lowest BCUT2D eigenvalue weighted by atomic mass is 9.78. The van der Waals surface area contributed by atoms with Gasteiger partial charge in [0.2, 0.25) is 15.9 Å². The van der Waals surface area contributed by atoms with Crippen molar-refractivity contribution in [3.63, 3.8) is 0 Å². The van der Waals surface area contributed by atoms with E-state index in [1.54, 1.807) is 6.07 Å². The van der Waals surface area contributed by atoms with Crippen LogP contribution in [0.15, 0.2) is 28.3 Å². The zero-order chi connectivity index (χ0) is 21.3. The highest BCUT2D eigenvalue weighted by molar-refractivity contribution is 8.00. The van der Waals surface area contributed by atoms with Gasteiger partial charge in [0.05, 0.1) is 21.2 Å². The first-order valence-corrected chi connectivity index (χ1v) is 12.5. The van der Waals surface area contributed by atoms with Gasteiger partial charge < -0.3 is 9.88 Å². The minimum Gasteiger partial charge on any atom is -0.352 e. The van der Waals surface area contributed by atoms with Crippen molar-refractivity contribution in [3.05, 3.63) is 18.2 Å². The summed E-state index contributed by atoms with van der Waals surface area (Å²) in [4.78, 5) is 17.4. The molecule has 0 spiro atoms. The summed E-state index contributed by atoms with van der Waals surface area (Å²) in [7, 11) is -3.79. The number of nitrogens with zero attached hydrogens (tertiary/aromatic N) is 2. The maximum absolute atomic E-state index is 12.8. The number of hydrogen-bond donors (Lipinski definition) is 2. The molecule has 7 nitrogen and oxygen atoms in total. The quantitative estimate of drug-likeness (QED) is 0.674. The molecule has 0 radical (unpaired) electrons. The monoisotopic (exact) mass is 438 g/mol. The van der Waals surface area contributed by atoms with Crippen LogP contribution >= 0.6 is 11.8 Å². The van der Waals surface area contributed by atoms with Crippen molar-refractivity contribution < 1.29 is 13.2 Å². The van der Waals surface area contributed by atoms with E-state index >= 15 is 0 Å². The number of imidazole rings is 1. The number of amides is 1. The molecule has 0 bridgehead atoms. The average Bonchev–Trinajstić information content (AvgIpc) is 3.00. The second-order valence-corrected chi connectivity index (χ2v) is 10.8. The van der Waals surface area contributed by atoms with Gasteiger partial charge >= 0.3 is 0 Å². The van der Waals surface area contributed by atoms with Crippen LogP contribution in [0.3, 0.4) is 0 Å². The van der Waals surface area contributed by atoms with E-state index < -0.39 is 10.0 Å². The number of primary sulfonamides is 1. The number of carbonyl (C=O) groups excluding carboxylic acids is 1. The van der Waals surface area contributed by atoms with Gasteiger partial charge in [0, 0.05) is 12.6 Å². The Labute approximate surface area is 176 Å². The number of benzene rings is 1. The molecule has 2 aromatic rings. The Balaban J connectivity index is 1.78. The molecular weight excluding hydrogens is 408 g/mol. The zero-order valence-electron chi connectivity index (χ0n) is 17.4. The molecule has 1 fully saturated rings. The van der Waals surface area contributed by atoms with E-state index in [0.717, 1.165) is 18.4 Å². The Morgan fingerprint density at radius 2 is 2.10 bits per heavy atom. The first-order valence-electron chi connectivity index (χ1n) is 10.1. The Morgan fingerprint density at radius 3 is 2.76 bits per heavy atom. The molecule has 9 heteroatoms. The predicted octanol–water partition coefficient (Wildman–Crippen LogP) is 3.13. The van der Waals surface area contributed by atoms with E-state index in [1.807, 2.05) is 18.4 Å². The number of aryl methyl sites for hydroxylation is 1. The van der Waals surface area contributed by atoms with Crippen LogP contribution < -0.4 is 10.5 Å². The maximum Gasteiger partial charge on any atom is 0.238 e. The van der Waals surface area contributed by atoms with E-state index in [9.17, 15) is 13.2 Å². The van der Waals surface area contributed by atoms with Gasteiger partial charge in [0.25, 0.3) is 0 Å². The zero-order valence-corrected chi connectivity index (χ0v) is 19.0. The number of aromatic nitrogens is 2. The van der Waals surface area contributed by atoms with Gasteiger partial charge in [0.15, 0.2) is 5.16 Å². The number of hydrogen-bond acceptors (Lipinski definition) is 5. The van der Waals surface area contributed by atoms with Crippen molar-refractivity contribution in [2.24, 2.45) is 17.0 Å². The fourth-order valence-corrected chi connectivity index (χ4v) is 5.49. The summed E-state index contributed by atoms with van der Waals surface area (Å²) in [5.41, 5.74) is 1.38. The lowest BCUT2D eigenvalue weighted by molar-refractivity contribution is -0.121. The second kappa shape index (κ2) is 8.65. The van der Waals surface area contributed by atoms with Gasteiger partial charge in [-0.3, -0.25) is 4.79 Å². The first-order chi connectivity index (χ1) is 13.6. The number of nitrogens with two attached hydrogens (primary N) is 1. The van der Waals surface area contributed by atoms with E-state index in [4.69, 9.17) is 5.14 Å². The molecule has 160 valence electrons. The standard InChI is InChI=1S/C20H30N4O3S2/c1-5-24-18-10-9-15(29(21,26)27)11-17(18)23-20(24)28-14(4)19(25)22-16-8-6-7-12(2)13(16)3/h9-14,16H,5-8H2,1-4H3,(H,22,25)(H2,21,26,27)/t12-,13+,14-,16-/m1/s1. The maximum atomic E-state index is 12.8. The highest BCUT2D eigenvalue weighted by atomic mass is 32.2. The van der Waals surface area contributed by atoms with Crippen molar-refractivity contribution in [2.75, 3.05) is 0 Å². The van der Waals surface area contributed by atoms with Crippen LogP contribution in [0.2, 0.25) is 0 Å². The lowest BCUT2D eigenvalue weighted by Gasteiger charge is -2.35. The van der Waals surface area contributed by atoms with E-state index in [0.29, 0.717) is 29.1 Å². The molecule has 0 unspecified atom stereocenters. The van der Waals surface area contributed by atoms with Crippen molar-refractivity contribution >= 4 is 38.7 Å². The van der Waals surface area contributed by atoms with Crippen molar-refractivity contribution in [1.29, 1.82) is 0 Å². The molecule has 1 aromatic heterocycles. The first kappa shape index (κ1) is 22.1. The summed E-state index contributed by atoms with van der Waals surface area (Å²) in [6.45, 7) is 9.01. The molecule has 1 amide bonds. The minimum absolute atomic E-state index is 0.0147. The molecule has 1 saturated carbocycles. The molecule has 0 aliphatic heterocycles. The van der Waals surface area contributed by atoms with E-state index in [1.165, 1.54) is 30.3 Å². The number of sulfonamides is 1. The molecule has 1 heterocycles. The van der Waals surface area contributed by atoms with Crippen molar-refractivity contribution in [3.8, 4) is 0 Å². The smallest absolute Gasteiger partial charge is 0.238 e. The van der Waals surface area contributed by atoms with E-state index in [-0.39, 0.29) is 22.1 Å². The number of thioether (sulfide) groups is 1. The number of carbonyl (C=O) groups is 1. The molecule has 3 rings (SSSR count). The van der Waals surface area contributed by atoms with Crippen LogP contribution in [-0.4, -0.2) is 35.2 Å². The topological polar surface area (TPSA) is 107 Å². The highest BCUT2D eigenvalue weighted by Gasteiger charge is 2.30. The molecule has 4 atom stereocenters. The average molecular weight is 439 g/mol. The van der Waals surface area contributed by atoms with Crippen LogP contribution in [-0.2, 0) is 21.4 Å². The summed E-state index contributed by atoms with van der Waals surface area (Å²) in [6, 6.07) is 4.90. The summed E-state index contributed by atoms with van der Waals surface area (Å²) in [6.07, 6.45) is 3.40. The van der Waals surface area contributed by atoms with Crippen LogP contribution in [0.4, 0.5) is 0 Å². The summed E-state index contributed by atoms with van der Waals surface area (Å²) < 4.78 is 25.2. The summed E-state index contributed by atoms with van der Waals surface area (Å²) >= 11 is 1.39. The van der Waals surface area contributed by atoms with Crippen LogP contribution in [0.5, 0.6) is 0 Å². The largest absolute Gasteiger partial charge is 0.352 e. The molecular formula is C20H30N4O3S2. The number of fused-ring (bicyclic) bond motifs is 1. The highest BCUT2D eigenvalue weighted by Crippen LogP contribution is 2.31. The van der Waals surface area contributed by atoms with Gasteiger partial charge in [-0.1, -0.05) is 38.5 Å². The molecule has 1 aliphatic carbocycles. The molecule has 1 aromatic carbocycles. The summed E-state index contributed by atoms with van der Waals surface area (Å²) in [5, 5.41) is 8.85. The second-order valence-electron chi connectivity index (χ2n) is 7.98. The Bertz CT molecular complexity index is 1000. The normalized spacial score (nSPS) is 23.8. The van der Waals surface area contributed by atoms with Crippen LogP contribution in [0.25, 0.3) is 11.0 Å².